The second-order valence-electron chi connectivity index (χ2n) is 6.72. The van der Waals surface area contributed by atoms with Gasteiger partial charge in [0, 0.05) is 23.0 Å². The summed E-state index contributed by atoms with van der Waals surface area (Å²) in [5, 5.41) is 4.32. The number of hydrogen-bond acceptors (Lipinski definition) is 4. The summed E-state index contributed by atoms with van der Waals surface area (Å²) in [4.78, 5) is 16.7. The normalized spacial score (nSPS) is 20.1. The van der Waals surface area contributed by atoms with Gasteiger partial charge >= 0.3 is 0 Å². The van der Waals surface area contributed by atoms with Gasteiger partial charge in [-0.15, -0.1) is 0 Å². The van der Waals surface area contributed by atoms with E-state index in [-0.39, 0.29) is 17.7 Å². The Morgan fingerprint density at radius 1 is 1.12 bits per heavy atom. The number of aromatic nitrogens is 1. The molecule has 4 rings (SSSR count). The molecule has 1 aliphatic rings. The summed E-state index contributed by atoms with van der Waals surface area (Å²) in [5.74, 6) is 0.638. The van der Waals surface area contributed by atoms with Gasteiger partial charge in [-0.05, 0) is 30.7 Å². The standard InChI is InChI=1S/C21H21N3O2/c1-3-7-16-13(2)19(23-24-20(16)25)15-10-11-17-18(12-15)26-21(22-17)14-8-5-4-6-9-14/h4-6,8-13,16H,3,7H2,1-2H3,(H,24,25)/t13-,16-/m1/s1. The summed E-state index contributed by atoms with van der Waals surface area (Å²) in [5.41, 5.74) is 7.01. The third-order valence-electron chi connectivity index (χ3n) is 4.96. The van der Waals surface area contributed by atoms with Crippen LogP contribution in [0.25, 0.3) is 22.6 Å². The SMILES string of the molecule is CCC[C@H]1C(=O)NN=C(c2ccc3nc(-c4ccccc4)oc3c2)[C@@H]1C. The van der Waals surface area contributed by atoms with Crippen LogP contribution in [0.1, 0.15) is 32.3 Å². The molecule has 0 fully saturated rings. The maximum atomic E-state index is 12.1. The Morgan fingerprint density at radius 3 is 2.69 bits per heavy atom. The molecule has 132 valence electrons. The smallest absolute Gasteiger partial charge is 0.243 e. The van der Waals surface area contributed by atoms with Gasteiger partial charge in [-0.3, -0.25) is 4.79 Å². The lowest BCUT2D eigenvalue weighted by Gasteiger charge is -2.27. The number of oxazole rings is 1. The number of hydrogen-bond donors (Lipinski definition) is 1. The average Bonchev–Trinajstić information content (AvgIpc) is 3.09. The molecule has 0 unspecified atom stereocenters. The zero-order valence-electron chi connectivity index (χ0n) is 14.9. The van der Waals surface area contributed by atoms with Crippen LogP contribution in [0.4, 0.5) is 0 Å². The lowest BCUT2D eigenvalue weighted by atomic mass is 9.82. The lowest BCUT2D eigenvalue weighted by molar-refractivity contribution is -0.126. The number of nitrogens with one attached hydrogen (secondary N) is 1. The molecular formula is C21H21N3O2. The molecule has 2 aromatic carbocycles. The summed E-state index contributed by atoms with van der Waals surface area (Å²) in [6.07, 6.45) is 1.83. The summed E-state index contributed by atoms with van der Waals surface area (Å²) in [6.45, 7) is 4.16. The van der Waals surface area contributed by atoms with Crippen molar-refractivity contribution in [2.24, 2.45) is 16.9 Å². The Hall–Kier alpha value is -2.95. The van der Waals surface area contributed by atoms with Gasteiger partial charge in [0.25, 0.3) is 0 Å². The molecule has 1 N–H and O–H groups in total. The fourth-order valence-electron chi connectivity index (χ4n) is 3.53. The topological polar surface area (TPSA) is 67.5 Å². The van der Waals surface area contributed by atoms with Crippen LogP contribution in [0.2, 0.25) is 0 Å². The first-order chi connectivity index (χ1) is 12.7. The number of hydrazone groups is 1. The second-order valence-corrected chi connectivity index (χ2v) is 6.72. The molecule has 5 nitrogen and oxygen atoms in total. The van der Waals surface area contributed by atoms with Crippen LogP contribution in [0.3, 0.4) is 0 Å². The molecule has 1 aromatic heterocycles. The lowest BCUT2D eigenvalue weighted by Crippen LogP contribution is -2.40. The van der Waals surface area contributed by atoms with Crippen LogP contribution in [0.15, 0.2) is 58.0 Å². The van der Waals surface area contributed by atoms with Gasteiger partial charge in [0.1, 0.15) is 5.52 Å². The number of rotatable bonds is 4. The first-order valence-corrected chi connectivity index (χ1v) is 9.01. The Morgan fingerprint density at radius 2 is 1.92 bits per heavy atom. The van der Waals surface area contributed by atoms with Gasteiger partial charge < -0.3 is 4.42 Å². The minimum atomic E-state index is -0.0437. The quantitative estimate of drug-likeness (QED) is 0.761. The third-order valence-corrected chi connectivity index (χ3v) is 4.96. The van der Waals surface area contributed by atoms with E-state index in [4.69, 9.17) is 4.42 Å². The number of carbonyl (C=O) groups is 1. The predicted molar refractivity (Wildman–Crippen MR) is 102 cm³/mol. The van der Waals surface area contributed by atoms with Crippen LogP contribution in [-0.4, -0.2) is 16.6 Å². The average molecular weight is 347 g/mol. The van der Waals surface area contributed by atoms with Crippen molar-refractivity contribution in [3.63, 3.8) is 0 Å². The van der Waals surface area contributed by atoms with E-state index in [0.29, 0.717) is 5.89 Å². The Bertz CT molecular complexity index is 975. The molecule has 1 aliphatic heterocycles. The van der Waals surface area contributed by atoms with Crippen molar-refractivity contribution < 1.29 is 9.21 Å². The van der Waals surface area contributed by atoms with Crippen molar-refractivity contribution in [3.8, 4) is 11.5 Å². The summed E-state index contributed by atoms with van der Waals surface area (Å²) >= 11 is 0. The molecule has 2 heterocycles. The van der Waals surface area contributed by atoms with Gasteiger partial charge in [0.2, 0.25) is 11.8 Å². The van der Waals surface area contributed by atoms with Crippen molar-refractivity contribution in [1.29, 1.82) is 0 Å². The molecule has 0 saturated carbocycles. The molecule has 0 bridgehead atoms. The van der Waals surface area contributed by atoms with Crippen molar-refractivity contribution in [2.75, 3.05) is 0 Å². The maximum absolute atomic E-state index is 12.1. The number of nitrogens with zero attached hydrogens (tertiary/aromatic N) is 2. The fraction of sp³-hybridized carbons (Fsp3) is 0.286. The van der Waals surface area contributed by atoms with Gasteiger partial charge in [0.05, 0.1) is 5.71 Å². The molecule has 0 spiro atoms. The highest BCUT2D eigenvalue weighted by molar-refractivity contribution is 6.07. The van der Waals surface area contributed by atoms with Gasteiger partial charge in [-0.1, -0.05) is 44.5 Å². The minimum Gasteiger partial charge on any atom is -0.436 e. The highest BCUT2D eigenvalue weighted by Gasteiger charge is 2.32. The Balaban J connectivity index is 1.70. The van der Waals surface area contributed by atoms with Gasteiger partial charge in [-0.25, -0.2) is 10.4 Å². The van der Waals surface area contributed by atoms with Crippen LogP contribution in [0.5, 0.6) is 0 Å². The highest BCUT2D eigenvalue weighted by Crippen LogP contribution is 2.29. The molecule has 1 amide bonds. The molecule has 0 aliphatic carbocycles. The fourth-order valence-corrected chi connectivity index (χ4v) is 3.53. The van der Waals surface area contributed by atoms with Crippen molar-refractivity contribution in [3.05, 3.63) is 54.1 Å². The Labute approximate surface area is 152 Å². The molecule has 2 atom stereocenters. The number of benzene rings is 2. The zero-order valence-corrected chi connectivity index (χ0v) is 14.9. The largest absolute Gasteiger partial charge is 0.436 e. The molecule has 0 radical (unpaired) electrons. The summed E-state index contributed by atoms with van der Waals surface area (Å²) in [7, 11) is 0. The van der Waals surface area contributed by atoms with Crippen LogP contribution < -0.4 is 5.43 Å². The van der Waals surface area contributed by atoms with E-state index >= 15 is 0 Å². The van der Waals surface area contributed by atoms with E-state index in [0.717, 1.165) is 40.8 Å². The van der Waals surface area contributed by atoms with E-state index in [2.05, 4.69) is 29.4 Å². The van der Waals surface area contributed by atoms with E-state index in [9.17, 15) is 4.79 Å². The molecule has 3 aromatic rings. The first-order valence-electron chi connectivity index (χ1n) is 9.01. The van der Waals surface area contributed by atoms with Crippen LogP contribution in [0, 0.1) is 11.8 Å². The molecule has 5 heteroatoms. The monoisotopic (exact) mass is 347 g/mol. The van der Waals surface area contributed by atoms with Crippen molar-refractivity contribution in [2.45, 2.75) is 26.7 Å². The molecule has 0 saturated heterocycles. The van der Waals surface area contributed by atoms with E-state index in [1.807, 2.05) is 48.5 Å². The second kappa shape index (κ2) is 6.75. The van der Waals surface area contributed by atoms with Crippen molar-refractivity contribution >= 4 is 22.7 Å². The van der Waals surface area contributed by atoms with E-state index in [1.54, 1.807) is 0 Å². The third kappa shape index (κ3) is 2.90. The zero-order chi connectivity index (χ0) is 18.1. The van der Waals surface area contributed by atoms with Crippen LogP contribution in [-0.2, 0) is 4.79 Å². The first kappa shape index (κ1) is 16.5. The van der Waals surface area contributed by atoms with E-state index < -0.39 is 0 Å². The Kier molecular flexibility index (Phi) is 4.29. The summed E-state index contributed by atoms with van der Waals surface area (Å²) < 4.78 is 5.96. The van der Waals surface area contributed by atoms with Crippen molar-refractivity contribution in [1.82, 2.24) is 10.4 Å². The molecular weight excluding hydrogens is 326 g/mol. The highest BCUT2D eigenvalue weighted by atomic mass is 16.3. The predicted octanol–water partition coefficient (Wildman–Crippen LogP) is 4.38. The van der Waals surface area contributed by atoms with E-state index in [1.165, 1.54) is 0 Å². The van der Waals surface area contributed by atoms with Gasteiger partial charge in [0.15, 0.2) is 5.58 Å². The number of carbonyl (C=O) groups excluding carboxylic acids is 1. The van der Waals surface area contributed by atoms with Crippen LogP contribution >= 0.6 is 0 Å². The molecule has 26 heavy (non-hydrogen) atoms. The maximum Gasteiger partial charge on any atom is 0.243 e. The summed E-state index contributed by atoms with van der Waals surface area (Å²) in [6, 6.07) is 15.7. The minimum absolute atomic E-state index is 0.00945. The van der Waals surface area contributed by atoms with Gasteiger partial charge in [-0.2, -0.15) is 5.10 Å². The number of amides is 1. The number of fused-ring (bicyclic) bond motifs is 1.